The third-order valence-electron chi connectivity index (χ3n) is 8.54. The lowest BCUT2D eigenvalue weighted by Crippen LogP contribution is -2.47. The molecule has 3 aliphatic rings. The highest BCUT2D eigenvalue weighted by Crippen LogP contribution is 2.33. The maximum absolute atomic E-state index is 13.5. The van der Waals surface area contributed by atoms with E-state index in [2.05, 4.69) is 24.2 Å². The molecule has 1 saturated carbocycles. The van der Waals surface area contributed by atoms with E-state index >= 15 is 0 Å². The van der Waals surface area contributed by atoms with Crippen LogP contribution in [-0.4, -0.2) is 72.4 Å². The van der Waals surface area contributed by atoms with E-state index in [9.17, 15) is 14.7 Å². The van der Waals surface area contributed by atoms with E-state index in [4.69, 9.17) is 14.2 Å². The van der Waals surface area contributed by atoms with E-state index in [-0.39, 0.29) is 55.6 Å². The van der Waals surface area contributed by atoms with Crippen molar-refractivity contribution in [3.8, 4) is 17.2 Å². The van der Waals surface area contributed by atoms with Crippen molar-refractivity contribution in [2.24, 2.45) is 11.8 Å². The predicted molar refractivity (Wildman–Crippen MR) is 156 cm³/mol. The number of nitrogens with zero attached hydrogens (tertiary/aromatic N) is 2. The highest BCUT2D eigenvalue weighted by atomic mass is 16.7. The fraction of sp³-hybridized carbons (Fsp3) is 0.562. The summed E-state index contributed by atoms with van der Waals surface area (Å²) in [5.74, 6) is 2.21. The number of fused-ring (bicyclic) bond motifs is 2. The van der Waals surface area contributed by atoms with Gasteiger partial charge in [0.2, 0.25) is 18.6 Å². The zero-order valence-electron chi connectivity index (χ0n) is 24.4. The summed E-state index contributed by atoms with van der Waals surface area (Å²) in [6.07, 6.45) is 5.14. The Bertz CT molecular complexity index is 1230. The Morgan fingerprint density at radius 3 is 2.63 bits per heavy atom. The maximum atomic E-state index is 13.5. The van der Waals surface area contributed by atoms with Gasteiger partial charge in [0, 0.05) is 42.7 Å². The van der Waals surface area contributed by atoms with E-state index in [1.54, 1.807) is 4.90 Å². The van der Waals surface area contributed by atoms with Crippen LogP contribution in [0.1, 0.15) is 57.1 Å². The van der Waals surface area contributed by atoms with Crippen LogP contribution in [0.4, 0.5) is 5.69 Å². The van der Waals surface area contributed by atoms with Crippen LogP contribution in [0.25, 0.3) is 0 Å². The summed E-state index contributed by atoms with van der Waals surface area (Å²) in [4.78, 5) is 30.4. The summed E-state index contributed by atoms with van der Waals surface area (Å²) in [5.41, 5.74) is 2.53. The highest BCUT2D eigenvalue weighted by Gasteiger charge is 2.31. The molecule has 0 spiro atoms. The second-order valence-electron chi connectivity index (χ2n) is 11.9. The molecule has 1 aliphatic carbocycles. The third-order valence-corrected chi connectivity index (χ3v) is 8.54. The van der Waals surface area contributed by atoms with Crippen LogP contribution < -0.4 is 19.5 Å². The summed E-state index contributed by atoms with van der Waals surface area (Å²) < 4.78 is 17.6. The van der Waals surface area contributed by atoms with Gasteiger partial charge in [-0.2, -0.15) is 0 Å². The standard InChI is InChI=1S/C32H43N3O6/c1-21-16-35(22(2)19-36)31(37)15-25-14-26(33-32(38)24-7-5-4-6-8-24)10-12-27(25)41-30(21)18-34(3)17-23-9-11-28-29(13-23)40-20-39-28/h9-14,21-22,24,30,36H,4-8,15-20H2,1-3H3,(H,33,38)/t21-,22-,30-/m0/s1. The topological polar surface area (TPSA) is 101 Å². The van der Waals surface area contributed by atoms with E-state index in [0.29, 0.717) is 31.1 Å². The average molecular weight is 566 g/mol. The first-order valence-electron chi connectivity index (χ1n) is 14.9. The van der Waals surface area contributed by atoms with Gasteiger partial charge < -0.3 is 29.5 Å². The molecule has 0 aromatic heterocycles. The van der Waals surface area contributed by atoms with Crippen molar-refractivity contribution >= 4 is 17.5 Å². The fourth-order valence-corrected chi connectivity index (χ4v) is 6.06. The number of anilines is 1. The lowest BCUT2D eigenvalue weighted by Gasteiger charge is -2.34. The lowest BCUT2D eigenvalue weighted by molar-refractivity contribution is -0.134. The number of nitrogens with one attached hydrogen (secondary N) is 1. The molecule has 3 atom stereocenters. The molecule has 2 N–H and O–H groups in total. The molecular weight excluding hydrogens is 522 g/mol. The molecule has 0 radical (unpaired) electrons. The number of amides is 2. The number of benzene rings is 2. The number of likely N-dealkylation sites (N-methyl/N-ethyl adjacent to an activating group) is 1. The normalized spacial score (nSPS) is 21.9. The first-order valence-corrected chi connectivity index (χ1v) is 14.9. The number of carbonyl (C=O) groups excluding carboxylic acids is 2. The minimum atomic E-state index is -0.312. The zero-order chi connectivity index (χ0) is 28.9. The molecule has 0 unspecified atom stereocenters. The molecule has 0 bridgehead atoms. The minimum Gasteiger partial charge on any atom is -0.488 e. The van der Waals surface area contributed by atoms with Gasteiger partial charge >= 0.3 is 0 Å². The third kappa shape index (κ3) is 7.13. The van der Waals surface area contributed by atoms with Gasteiger partial charge in [0.15, 0.2) is 11.5 Å². The minimum absolute atomic E-state index is 0.00350. The molecule has 0 saturated heterocycles. The maximum Gasteiger partial charge on any atom is 0.231 e. The summed E-state index contributed by atoms with van der Waals surface area (Å²) in [6.45, 7) is 5.89. The van der Waals surface area contributed by atoms with E-state index < -0.39 is 0 Å². The Morgan fingerprint density at radius 1 is 1.10 bits per heavy atom. The Labute approximate surface area is 242 Å². The van der Waals surface area contributed by atoms with Crippen LogP contribution in [0.3, 0.4) is 0 Å². The van der Waals surface area contributed by atoms with Crippen molar-refractivity contribution in [3.05, 3.63) is 47.5 Å². The SMILES string of the molecule is C[C@H]1CN([C@@H](C)CO)C(=O)Cc2cc(NC(=O)C3CCCCC3)ccc2O[C@H]1CN(C)Cc1ccc2c(c1)OCO2. The first-order chi connectivity index (χ1) is 19.8. The number of hydrogen-bond donors (Lipinski definition) is 2. The van der Waals surface area contributed by atoms with Gasteiger partial charge in [0.25, 0.3) is 0 Å². The highest BCUT2D eigenvalue weighted by molar-refractivity contribution is 5.93. The number of aliphatic hydroxyl groups is 1. The summed E-state index contributed by atoms with van der Waals surface area (Å²) in [5, 5.41) is 13.0. The summed E-state index contributed by atoms with van der Waals surface area (Å²) in [6, 6.07) is 11.3. The van der Waals surface area contributed by atoms with Gasteiger partial charge in [-0.1, -0.05) is 32.3 Å². The molecular formula is C32H43N3O6. The number of rotatable bonds is 8. The molecule has 2 heterocycles. The van der Waals surface area contributed by atoms with Gasteiger partial charge in [0.1, 0.15) is 11.9 Å². The molecule has 222 valence electrons. The summed E-state index contributed by atoms with van der Waals surface area (Å²) in [7, 11) is 2.05. The van der Waals surface area contributed by atoms with Crippen LogP contribution in [0.5, 0.6) is 17.2 Å². The first kappa shape index (κ1) is 29.2. The average Bonchev–Trinajstić information content (AvgIpc) is 3.45. The zero-order valence-corrected chi connectivity index (χ0v) is 24.4. The Morgan fingerprint density at radius 2 is 1.85 bits per heavy atom. The van der Waals surface area contributed by atoms with E-state index in [0.717, 1.165) is 48.3 Å². The van der Waals surface area contributed by atoms with Crippen molar-refractivity contribution in [1.82, 2.24) is 9.80 Å². The second kappa shape index (κ2) is 13.1. The van der Waals surface area contributed by atoms with Crippen LogP contribution in [0.15, 0.2) is 36.4 Å². The molecule has 9 heteroatoms. The number of ether oxygens (including phenoxy) is 3. The quantitative estimate of drug-likeness (QED) is 0.495. The van der Waals surface area contributed by atoms with Crippen molar-refractivity contribution in [1.29, 1.82) is 0 Å². The van der Waals surface area contributed by atoms with Crippen LogP contribution in [-0.2, 0) is 22.6 Å². The van der Waals surface area contributed by atoms with E-state index in [1.165, 1.54) is 6.42 Å². The Hall–Kier alpha value is -3.30. The van der Waals surface area contributed by atoms with Crippen molar-refractivity contribution < 1.29 is 28.9 Å². The summed E-state index contributed by atoms with van der Waals surface area (Å²) >= 11 is 0. The van der Waals surface area contributed by atoms with Gasteiger partial charge in [-0.15, -0.1) is 0 Å². The smallest absolute Gasteiger partial charge is 0.231 e. The van der Waals surface area contributed by atoms with Crippen LogP contribution >= 0.6 is 0 Å². The van der Waals surface area contributed by atoms with Gasteiger partial charge in [0.05, 0.1) is 19.1 Å². The molecule has 2 aromatic carbocycles. The largest absolute Gasteiger partial charge is 0.488 e. The second-order valence-corrected chi connectivity index (χ2v) is 11.9. The molecule has 9 nitrogen and oxygen atoms in total. The van der Waals surface area contributed by atoms with Crippen molar-refractivity contribution in [2.45, 2.75) is 71.1 Å². The van der Waals surface area contributed by atoms with Crippen LogP contribution in [0.2, 0.25) is 0 Å². The predicted octanol–water partition coefficient (Wildman–Crippen LogP) is 4.22. The van der Waals surface area contributed by atoms with Gasteiger partial charge in [-0.05, 0) is 62.7 Å². The molecule has 5 rings (SSSR count). The van der Waals surface area contributed by atoms with Crippen LogP contribution in [0, 0.1) is 11.8 Å². The monoisotopic (exact) mass is 565 g/mol. The van der Waals surface area contributed by atoms with Crippen molar-refractivity contribution in [3.63, 3.8) is 0 Å². The molecule has 41 heavy (non-hydrogen) atoms. The number of hydrogen-bond acceptors (Lipinski definition) is 7. The lowest BCUT2D eigenvalue weighted by atomic mass is 9.88. The molecule has 2 aromatic rings. The van der Waals surface area contributed by atoms with Crippen molar-refractivity contribution in [2.75, 3.05) is 38.9 Å². The number of aliphatic hydroxyl groups excluding tert-OH is 1. The molecule has 2 aliphatic heterocycles. The Kier molecular flexibility index (Phi) is 9.35. The van der Waals surface area contributed by atoms with Gasteiger partial charge in [-0.3, -0.25) is 14.5 Å². The van der Waals surface area contributed by atoms with E-state index in [1.807, 2.05) is 43.3 Å². The molecule has 1 fully saturated rings. The number of carbonyl (C=O) groups is 2. The fourth-order valence-electron chi connectivity index (χ4n) is 6.06. The molecule has 2 amide bonds. The Balaban J connectivity index is 1.35. The van der Waals surface area contributed by atoms with Gasteiger partial charge in [-0.25, -0.2) is 0 Å².